The minimum absolute atomic E-state index is 0.0440. The first-order chi connectivity index (χ1) is 16.7. The van der Waals surface area contributed by atoms with E-state index in [1.54, 1.807) is 55.5 Å². The predicted molar refractivity (Wildman–Crippen MR) is 129 cm³/mol. The number of pyridine rings is 1. The molecule has 0 aliphatic carbocycles. The molecule has 0 saturated carbocycles. The highest BCUT2D eigenvalue weighted by atomic mass is 19.1. The molecule has 1 aromatic heterocycles. The van der Waals surface area contributed by atoms with Gasteiger partial charge in [0, 0.05) is 29.1 Å². The van der Waals surface area contributed by atoms with Crippen LogP contribution in [0.25, 0.3) is 22.0 Å². The van der Waals surface area contributed by atoms with Crippen LogP contribution in [-0.2, 0) is 11.2 Å². The van der Waals surface area contributed by atoms with Crippen LogP contribution in [0, 0.1) is 5.82 Å². The Morgan fingerprint density at radius 3 is 2.23 bits per heavy atom. The molecule has 0 spiro atoms. The van der Waals surface area contributed by atoms with Gasteiger partial charge in [-0.05, 0) is 60.0 Å². The fourth-order valence-electron chi connectivity index (χ4n) is 3.71. The van der Waals surface area contributed by atoms with E-state index in [1.165, 1.54) is 18.2 Å². The minimum Gasteiger partial charge on any atom is -0.477 e. The van der Waals surface area contributed by atoms with Crippen molar-refractivity contribution >= 4 is 28.6 Å². The third-order valence-corrected chi connectivity index (χ3v) is 5.71. The first-order valence-electron chi connectivity index (χ1n) is 10.8. The van der Waals surface area contributed by atoms with Gasteiger partial charge in [0.25, 0.3) is 5.91 Å². The van der Waals surface area contributed by atoms with Gasteiger partial charge in [0.2, 0.25) is 5.43 Å². The van der Waals surface area contributed by atoms with Crippen molar-refractivity contribution in [3.8, 4) is 11.1 Å². The van der Waals surface area contributed by atoms with Crippen molar-refractivity contribution < 1.29 is 23.9 Å². The standard InChI is InChI=1S/C27H21FN2O5/c1-15(30-26(33)19-5-3-17(4-6-19)18-7-9-20(28)10-8-18)24(31)13-16-2-11-23-21(12-16)25(32)22(14-29-23)27(34)35/h2-12,14-15H,13H2,1H3,(H,29,32)(H,30,33)(H,34,35)/t15-/m0/s1. The van der Waals surface area contributed by atoms with E-state index in [9.17, 15) is 23.6 Å². The molecule has 4 rings (SSSR count). The Morgan fingerprint density at radius 1 is 0.971 bits per heavy atom. The highest BCUT2D eigenvalue weighted by molar-refractivity contribution is 5.99. The molecule has 0 radical (unpaired) electrons. The molecule has 35 heavy (non-hydrogen) atoms. The van der Waals surface area contributed by atoms with Gasteiger partial charge in [-0.25, -0.2) is 9.18 Å². The van der Waals surface area contributed by atoms with Crippen LogP contribution < -0.4 is 10.7 Å². The second-order valence-corrected chi connectivity index (χ2v) is 8.14. The quantitative estimate of drug-likeness (QED) is 0.377. The molecule has 7 nitrogen and oxygen atoms in total. The molecule has 0 aliphatic heterocycles. The van der Waals surface area contributed by atoms with Gasteiger partial charge in [-0.15, -0.1) is 0 Å². The summed E-state index contributed by atoms with van der Waals surface area (Å²) in [5, 5.41) is 12.0. The predicted octanol–water partition coefficient (Wildman–Crippen LogP) is 3.96. The number of carbonyl (C=O) groups excluding carboxylic acids is 2. The largest absolute Gasteiger partial charge is 0.477 e. The van der Waals surface area contributed by atoms with E-state index in [4.69, 9.17) is 5.11 Å². The number of aromatic amines is 1. The van der Waals surface area contributed by atoms with Crippen molar-refractivity contribution in [2.75, 3.05) is 0 Å². The molecule has 1 amide bonds. The maximum atomic E-state index is 13.1. The van der Waals surface area contributed by atoms with E-state index < -0.39 is 23.3 Å². The van der Waals surface area contributed by atoms with Gasteiger partial charge in [0.15, 0.2) is 5.78 Å². The Kier molecular flexibility index (Phi) is 6.55. The van der Waals surface area contributed by atoms with Crippen LogP contribution in [0.2, 0.25) is 0 Å². The minimum atomic E-state index is -1.34. The zero-order valence-corrected chi connectivity index (χ0v) is 18.7. The van der Waals surface area contributed by atoms with Crippen molar-refractivity contribution in [3.05, 3.63) is 106 Å². The molecule has 0 fully saturated rings. The van der Waals surface area contributed by atoms with Crippen LogP contribution >= 0.6 is 0 Å². The highest BCUT2D eigenvalue weighted by Gasteiger charge is 2.18. The number of carboxylic acid groups (broad SMARTS) is 1. The number of rotatable bonds is 7. The average molecular weight is 472 g/mol. The number of hydrogen-bond donors (Lipinski definition) is 3. The fraction of sp³-hybridized carbons (Fsp3) is 0.111. The summed E-state index contributed by atoms with van der Waals surface area (Å²) in [6.45, 7) is 1.57. The SMILES string of the molecule is C[C@H](NC(=O)c1ccc(-c2ccc(F)cc2)cc1)C(=O)Cc1ccc2[nH]cc(C(=O)O)c(=O)c2c1. The van der Waals surface area contributed by atoms with Crippen LogP contribution in [-0.4, -0.2) is 33.8 Å². The second-order valence-electron chi connectivity index (χ2n) is 8.14. The Labute approximate surface area is 199 Å². The van der Waals surface area contributed by atoms with E-state index in [0.29, 0.717) is 16.6 Å². The van der Waals surface area contributed by atoms with Crippen molar-refractivity contribution in [1.29, 1.82) is 0 Å². The lowest BCUT2D eigenvalue weighted by Crippen LogP contribution is -2.39. The number of benzene rings is 3. The van der Waals surface area contributed by atoms with Gasteiger partial charge >= 0.3 is 5.97 Å². The first-order valence-corrected chi connectivity index (χ1v) is 10.8. The number of fused-ring (bicyclic) bond motifs is 1. The monoisotopic (exact) mass is 472 g/mol. The number of carboxylic acids is 1. The lowest BCUT2D eigenvalue weighted by atomic mass is 10.0. The summed E-state index contributed by atoms with van der Waals surface area (Å²) in [5.41, 5.74) is 1.98. The molecule has 3 aromatic carbocycles. The van der Waals surface area contributed by atoms with Crippen LogP contribution in [0.1, 0.15) is 33.2 Å². The number of aromatic nitrogens is 1. The van der Waals surface area contributed by atoms with Crippen molar-refractivity contribution in [1.82, 2.24) is 10.3 Å². The van der Waals surface area contributed by atoms with Crippen LogP contribution in [0.15, 0.2) is 77.7 Å². The molecule has 1 heterocycles. The van der Waals surface area contributed by atoms with E-state index >= 15 is 0 Å². The smallest absolute Gasteiger partial charge is 0.341 e. The molecule has 0 bridgehead atoms. The fourth-order valence-corrected chi connectivity index (χ4v) is 3.71. The van der Waals surface area contributed by atoms with E-state index in [1.807, 2.05) is 0 Å². The molecule has 3 N–H and O–H groups in total. The first kappa shape index (κ1) is 23.6. The average Bonchev–Trinajstić information content (AvgIpc) is 2.85. The lowest BCUT2D eigenvalue weighted by Gasteiger charge is -2.14. The maximum absolute atomic E-state index is 13.1. The summed E-state index contributed by atoms with van der Waals surface area (Å²) in [5.74, 6) is -2.36. The summed E-state index contributed by atoms with van der Waals surface area (Å²) in [6.07, 6.45) is 1.10. The molecule has 0 saturated heterocycles. The Bertz CT molecular complexity index is 1490. The lowest BCUT2D eigenvalue weighted by molar-refractivity contribution is -0.119. The third kappa shape index (κ3) is 5.16. The Morgan fingerprint density at radius 2 is 1.60 bits per heavy atom. The molecular formula is C27H21FN2O5. The zero-order valence-electron chi connectivity index (χ0n) is 18.7. The molecule has 0 aliphatic rings. The number of Topliss-reactive ketones (excluding diaryl/α,β-unsaturated/α-hetero) is 1. The van der Waals surface area contributed by atoms with E-state index in [0.717, 1.165) is 17.3 Å². The molecule has 8 heteroatoms. The van der Waals surface area contributed by atoms with Crippen LogP contribution in [0.3, 0.4) is 0 Å². The second kappa shape index (κ2) is 9.72. The summed E-state index contributed by atoms with van der Waals surface area (Å²) in [6, 6.07) is 16.7. The normalized spacial score (nSPS) is 11.7. The molecule has 1 atom stereocenters. The van der Waals surface area contributed by atoms with Gasteiger partial charge in [-0.3, -0.25) is 14.4 Å². The van der Waals surface area contributed by atoms with Gasteiger partial charge in [-0.1, -0.05) is 30.3 Å². The van der Waals surface area contributed by atoms with Gasteiger partial charge in [-0.2, -0.15) is 0 Å². The van der Waals surface area contributed by atoms with Crippen molar-refractivity contribution in [2.45, 2.75) is 19.4 Å². The van der Waals surface area contributed by atoms with E-state index in [2.05, 4.69) is 10.3 Å². The number of H-pyrrole nitrogens is 1. The summed E-state index contributed by atoms with van der Waals surface area (Å²) >= 11 is 0. The summed E-state index contributed by atoms with van der Waals surface area (Å²) < 4.78 is 13.1. The van der Waals surface area contributed by atoms with Crippen molar-refractivity contribution in [3.63, 3.8) is 0 Å². The number of amides is 1. The Balaban J connectivity index is 1.43. The summed E-state index contributed by atoms with van der Waals surface area (Å²) in [4.78, 5) is 51.7. The number of nitrogens with one attached hydrogen (secondary N) is 2. The highest BCUT2D eigenvalue weighted by Crippen LogP contribution is 2.20. The number of halogens is 1. The number of carbonyl (C=O) groups is 3. The summed E-state index contributed by atoms with van der Waals surface area (Å²) in [7, 11) is 0. The van der Waals surface area contributed by atoms with Gasteiger partial charge < -0.3 is 15.4 Å². The number of ketones is 1. The third-order valence-electron chi connectivity index (χ3n) is 5.71. The van der Waals surface area contributed by atoms with Crippen LogP contribution in [0.5, 0.6) is 0 Å². The zero-order chi connectivity index (χ0) is 25.1. The molecule has 176 valence electrons. The van der Waals surface area contributed by atoms with Gasteiger partial charge in [0.1, 0.15) is 11.4 Å². The maximum Gasteiger partial charge on any atom is 0.341 e. The number of aromatic carboxylic acids is 1. The topological polar surface area (TPSA) is 116 Å². The van der Waals surface area contributed by atoms with Crippen molar-refractivity contribution in [2.24, 2.45) is 0 Å². The molecule has 4 aromatic rings. The van der Waals surface area contributed by atoms with Gasteiger partial charge in [0.05, 0.1) is 6.04 Å². The Hall–Kier alpha value is -4.59. The molecular weight excluding hydrogens is 451 g/mol. The van der Waals surface area contributed by atoms with E-state index in [-0.39, 0.29) is 29.0 Å². The molecule has 0 unspecified atom stereocenters. The van der Waals surface area contributed by atoms with Crippen LogP contribution in [0.4, 0.5) is 4.39 Å². The number of hydrogen-bond acceptors (Lipinski definition) is 4.